The number of aromatic nitrogens is 2. The first-order chi connectivity index (χ1) is 11.1. The molecule has 6 heteroatoms. The van der Waals surface area contributed by atoms with Crippen molar-refractivity contribution >= 4 is 22.5 Å². The summed E-state index contributed by atoms with van der Waals surface area (Å²) in [4.78, 5) is 17.0. The van der Waals surface area contributed by atoms with Crippen molar-refractivity contribution in [1.82, 2.24) is 9.55 Å². The van der Waals surface area contributed by atoms with Gasteiger partial charge in [-0.3, -0.25) is 9.36 Å². The Bertz CT molecular complexity index is 981. The van der Waals surface area contributed by atoms with Gasteiger partial charge in [-0.2, -0.15) is 0 Å². The summed E-state index contributed by atoms with van der Waals surface area (Å²) in [6.45, 7) is 2.47. The molecule has 1 aliphatic rings. The van der Waals surface area contributed by atoms with Gasteiger partial charge in [0.05, 0.1) is 28.8 Å². The van der Waals surface area contributed by atoms with Crippen LogP contribution in [-0.4, -0.2) is 16.3 Å². The Morgan fingerprint density at radius 2 is 2.17 bits per heavy atom. The Morgan fingerprint density at radius 3 is 3.04 bits per heavy atom. The first-order valence-electron chi connectivity index (χ1n) is 7.16. The second-order valence-electron chi connectivity index (χ2n) is 5.46. The van der Waals surface area contributed by atoms with Crippen LogP contribution in [0, 0.1) is 6.92 Å². The predicted octanol–water partition coefficient (Wildman–Crippen LogP) is 3.14. The topological polar surface area (TPSA) is 53.4 Å². The highest BCUT2D eigenvalue weighted by molar-refractivity contribution is 6.32. The smallest absolute Gasteiger partial charge is 0.261 e. The molecule has 4 rings (SSSR count). The number of hydrogen-bond donors (Lipinski definition) is 0. The summed E-state index contributed by atoms with van der Waals surface area (Å²) >= 11 is 6.19. The zero-order chi connectivity index (χ0) is 16.0. The van der Waals surface area contributed by atoms with Crippen molar-refractivity contribution < 1.29 is 9.47 Å². The molecule has 0 N–H and O–H groups in total. The highest BCUT2D eigenvalue weighted by Gasteiger charge is 2.18. The second-order valence-corrected chi connectivity index (χ2v) is 5.87. The van der Waals surface area contributed by atoms with E-state index in [-0.39, 0.29) is 12.4 Å². The van der Waals surface area contributed by atoms with E-state index in [4.69, 9.17) is 21.1 Å². The lowest BCUT2D eigenvalue weighted by molar-refractivity contribution is 0.174. The van der Waals surface area contributed by atoms with E-state index in [9.17, 15) is 4.79 Å². The van der Waals surface area contributed by atoms with Gasteiger partial charge in [-0.25, -0.2) is 4.98 Å². The van der Waals surface area contributed by atoms with Crippen LogP contribution in [0.2, 0.25) is 5.02 Å². The van der Waals surface area contributed by atoms with Crippen LogP contribution in [0.4, 0.5) is 0 Å². The van der Waals surface area contributed by atoms with E-state index < -0.39 is 0 Å². The van der Waals surface area contributed by atoms with Crippen LogP contribution < -0.4 is 15.0 Å². The van der Waals surface area contributed by atoms with Crippen molar-refractivity contribution in [3.63, 3.8) is 0 Å². The molecular weight excluding hydrogens is 316 g/mol. The van der Waals surface area contributed by atoms with E-state index in [2.05, 4.69) is 4.98 Å². The van der Waals surface area contributed by atoms with Crippen molar-refractivity contribution in [2.45, 2.75) is 13.5 Å². The number of ether oxygens (including phenoxy) is 2. The summed E-state index contributed by atoms with van der Waals surface area (Å²) in [6, 6.07) is 9.21. The van der Waals surface area contributed by atoms with Crippen molar-refractivity contribution in [3.8, 4) is 11.5 Å². The molecule has 0 radical (unpaired) electrons. The summed E-state index contributed by atoms with van der Waals surface area (Å²) in [5.74, 6) is 1.15. The average Bonchev–Trinajstić information content (AvgIpc) is 3.00. The Balaban J connectivity index is 1.78. The van der Waals surface area contributed by atoms with Crippen LogP contribution in [0.15, 0.2) is 41.5 Å². The summed E-state index contributed by atoms with van der Waals surface area (Å²) < 4.78 is 12.2. The van der Waals surface area contributed by atoms with Gasteiger partial charge in [0.1, 0.15) is 0 Å². The van der Waals surface area contributed by atoms with Crippen molar-refractivity contribution in [3.05, 3.63) is 63.2 Å². The lowest BCUT2D eigenvalue weighted by atomic mass is 10.1. The fraction of sp³-hybridized carbons (Fsp3) is 0.176. The highest BCUT2D eigenvalue weighted by Crippen LogP contribution is 2.39. The van der Waals surface area contributed by atoms with E-state index in [1.54, 1.807) is 23.0 Å². The van der Waals surface area contributed by atoms with Crippen molar-refractivity contribution in [2.75, 3.05) is 6.79 Å². The number of halogens is 1. The molecule has 23 heavy (non-hydrogen) atoms. The van der Waals surface area contributed by atoms with Gasteiger partial charge in [0.15, 0.2) is 11.5 Å². The number of fused-ring (bicyclic) bond motifs is 2. The van der Waals surface area contributed by atoms with Crippen LogP contribution in [0.3, 0.4) is 0 Å². The molecular formula is C17H13ClN2O3. The summed E-state index contributed by atoms with van der Waals surface area (Å²) in [6.07, 6.45) is 1.57. The second kappa shape index (κ2) is 5.28. The lowest BCUT2D eigenvalue weighted by Crippen LogP contribution is -2.21. The van der Waals surface area contributed by atoms with E-state index in [0.717, 1.165) is 16.6 Å². The molecule has 0 atom stereocenters. The average molecular weight is 329 g/mol. The largest absolute Gasteiger partial charge is 0.454 e. The third kappa shape index (κ3) is 2.33. The van der Waals surface area contributed by atoms with Crippen molar-refractivity contribution in [2.24, 2.45) is 0 Å². The minimum Gasteiger partial charge on any atom is -0.454 e. The number of benzene rings is 2. The number of nitrogens with zero attached hydrogens (tertiary/aromatic N) is 2. The minimum absolute atomic E-state index is 0.0764. The monoisotopic (exact) mass is 328 g/mol. The zero-order valence-electron chi connectivity index (χ0n) is 12.4. The standard InChI is InChI=1S/C17H13ClN2O3/c1-10-3-2-4-12-15(10)19-8-20(17(12)21)7-11-5-13(18)16-14(6-11)22-9-23-16/h2-6,8H,7,9H2,1H3. The zero-order valence-corrected chi connectivity index (χ0v) is 13.1. The molecule has 0 unspecified atom stereocenters. The number of aryl methyl sites for hydroxylation is 1. The van der Waals surface area contributed by atoms with Gasteiger partial charge in [0.2, 0.25) is 6.79 Å². The van der Waals surface area contributed by atoms with Crippen LogP contribution >= 0.6 is 11.6 Å². The summed E-state index contributed by atoms with van der Waals surface area (Å²) in [7, 11) is 0. The minimum atomic E-state index is -0.0764. The first-order valence-corrected chi connectivity index (χ1v) is 7.54. The molecule has 0 saturated carbocycles. The Morgan fingerprint density at radius 1 is 1.30 bits per heavy atom. The fourth-order valence-electron chi connectivity index (χ4n) is 2.76. The maximum atomic E-state index is 12.6. The lowest BCUT2D eigenvalue weighted by Gasteiger charge is -2.09. The van der Waals surface area contributed by atoms with E-state index in [1.165, 1.54) is 0 Å². The van der Waals surface area contributed by atoms with Gasteiger partial charge < -0.3 is 9.47 Å². The van der Waals surface area contributed by atoms with Crippen LogP contribution in [-0.2, 0) is 6.54 Å². The third-order valence-corrected chi connectivity index (χ3v) is 4.18. The van der Waals surface area contributed by atoms with E-state index >= 15 is 0 Å². The van der Waals surface area contributed by atoms with Gasteiger partial charge in [0, 0.05) is 0 Å². The van der Waals surface area contributed by atoms with E-state index in [1.807, 2.05) is 25.1 Å². The maximum absolute atomic E-state index is 12.6. The molecule has 0 amide bonds. The third-order valence-electron chi connectivity index (χ3n) is 3.90. The predicted molar refractivity (Wildman–Crippen MR) is 87.4 cm³/mol. The molecule has 2 heterocycles. The number of hydrogen-bond acceptors (Lipinski definition) is 4. The molecule has 0 fully saturated rings. The molecule has 0 aliphatic carbocycles. The van der Waals surface area contributed by atoms with Gasteiger partial charge in [-0.1, -0.05) is 23.7 Å². The molecule has 1 aliphatic heterocycles. The molecule has 0 saturated heterocycles. The molecule has 0 bridgehead atoms. The molecule has 2 aromatic carbocycles. The highest BCUT2D eigenvalue weighted by atomic mass is 35.5. The quantitative estimate of drug-likeness (QED) is 0.725. The van der Waals surface area contributed by atoms with E-state index in [0.29, 0.717) is 28.5 Å². The van der Waals surface area contributed by atoms with Crippen LogP contribution in [0.1, 0.15) is 11.1 Å². The van der Waals surface area contributed by atoms with Crippen LogP contribution in [0.5, 0.6) is 11.5 Å². The molecule has 3 aromatic rings. The summed E-state index contributed by atoms with van der Waals surface area (Å²) in [5, 5.41) is 1.09. The molecule has 116 valence electrons. The van der Waals surface area contributed by atoms with Gasteiger partial charge in [0.25, 0.3) is 5.56 Å². The summed E-state index contributed by atoms with van der Waals surface area (Å²) in [5.41, 5.74) is 2.50. The molecule has 0 spiro atoms. The van der Waals surface area contributed by atoms with Gasteiger partial charge >= 0.3 is 0 Å². The van der Waals surface area contributed by atoms with Crippen LogP contribution in [0.25, 0.3) is 10.9 Å². The van der Waals surface area contributed by atoms with Crippen molar-refractivity contribution in [1.29, 1.82) is 0 Å². The maximum Gasteiger partial charge on any atom is 0.261 e. The Labute approximate surface area is 137 Å². The number of para-hydroxylation sites is 1. The first kappa shape index (κ1) is 14.1. The van der Waals surface area contributed by atoms with Gasteiger partial charge in [-0.05, 0) is 36.2 Å². The Kier molecular flexibility index (Phi) is 3.23. The fourth-order valence-corrected chi connectivity index (χ4v) is 3.05. The normalized spacial score (nSPS) is 12.8. The number of rotatable bonds is 2. The van der Waals surface area contributed by atoms with Gasteiger partial charge in [-0.15, -0.1) is 0 Å². The SMILES string of the molecule is Cc1cccc2c(=O)n(Cc3cc(Cl)c4c(c3)OCO4)cnc12. The molecule has 1 aromatic heterocycles. The molecule has 5 nitrogen and oxygen atoms in total. The Hall–Kier alpha value is -2.53.